The molecule has 0 radical (unpaired) electrons. The van der Waals surface area contributed by atoms with E-state index in [2.05, 4.69) is 28.6 Å². The first kappa shape index (κ1) is 31.6. The molecule has 0 saturated heterocycles. The second-order valence-corrected chi connectivity index (χ2v) is 8.25. The molecule has 0 fully saturated rings. The average Bonchev–Trinajstić information content (AvgIpc) is 2.78. The van der Waals surface area contributed by atoms with Gasteiger partial charge in [0.2, 0.25) is 23.6 Å². The molecule has 0 rings (SSSR count). The Bertz CT molecular complexity index is 682. The van der Waals surface area contributed by atoms with Crippen LogP contribution in [0.2, 0.25) is 0 Å². The molecule has 0 aliphatic rings. The molecule has 0 spiro atoms. The number of carboxylic acids is 1. The Kier molecular flexibility index (Phi) is 16.7. The molecule has 196 valence electrons. The Morgan fingerprint density at radius 1 is 0.735 bits per heavy atom. The first-order valence-corrected chi connectivity index (χ1v) is 11.9. The highest BCUT2D eigenvalue weighted by molar-refractivity contribution is 7.80. The number of rotatable bonds is 19. The van der Waals surface area contributed by atoms with E-state index in [0.717, 1.165) is 0 Å². The number of nitrogens with one attached hydrogen (secondary N) is 3. The average molecular weight is 506 g/mol. The minimum absolute atomic E-state index is 0.0550. The van der Waals surface area contributed by atoms with Crippen molar-refractivity contribution < 1.29 is 29.1 Å². The molecule has 4 atom stereocenters. The van der Waals surface area contributed by atoms with Crippen LogP contribution >= 0.6 is 12.6 Å². The van der Waals surface area contributed by atoms with Crippen LogP contribution in [0, 0.1) is 0 Å². The van der Waals surface area contributed by atoms with Crippen molar-refractivity contribution in [2.24, 2.45) is 22.9 Å². The highest BCUT2D eigenvalue weighted by Gasteiger charge is 2.29. The number of hydrogen-bond donors (Lipinski definition) is 9. The minimum atomic E-state index is -1.36. The maximum absolute atomic E-state index is 12.8. The quantitative estimate of drug-likeness (QED) is 0.0653. The number of aliphatic carboxylic acids is 1. The van der Waals surface area contributed by atoms with Crippen LogP contribution in [0.1, 0.15) is 51.4 Å². The first-order chi connectivity index (χ1) is 16.1. The largest absolute Gasteiger partial charge is 0.480 e. The monoisotopic (exact) mass is 505 g/mol. The van der Waals surface area contributed by atoms with Gasteiger partial charge in [-0.05, 0) is 51.6 Å². The van der Waals surface area contributed by atoms with Gasteiger partial charge in [-0.15, -0.1) is 0 Å². The van der Waals surface area contributed by atoms with Gasteiger partial charge in [0.05, 0.1) is 6.04 Å². The van der Waals surface area contributed by atoms with Crippen LogP contribution in [0.3, 0.4) is 0 Å². The normalized spacial score (nSPS) is 14.4. The molecule has 0 aromatic heterocycles. The summed E-state index contributed by atoms with van der Waals surface area (Å²) in [6.07, 6.45) is 2.59. The van der Waals surface area contributed by atoms with Crippen LogP contribution in [0.15, 0.2) is 0 Å². The van der Waals surface area contributed by atoms with E-state index in [1.165, 1.54) is 0 Å². The number of thiol groups is 1. The van der Waals surface area contributed by atoms with Gasteiger partial charge in [-0.1, -0.05) is 6.42 Å². The van der Waals surface area contributed by atoms with Gasteiger partial charge in [-0.2, -0.15) is 12.6 Å². The lowest BCUT2D eigenvalue weighted by Crippen LogP contribution is -2.57. The number of carbonyl (C=O) groups excluding carboxylic acids is 4. The van der Waals surface area contributed by atoms with Crippen molar-refractivity contribution in [2.75, 3.05) is 18.8 Å². The fourth-order valence-corrected chi connectivity index (χ4v) is 3.22. The Morgan fingerprint density at radius 3 is 1.74 bits per heavy atom. The summed E-state index contributed by atoms with van der Waals surface area (Å²) in [6.45, 7) is 0.852. The van der Waals surface area contributed by atoms with Gasteiger partial charge in [-0.25, -0.2) is 4.79 Å². The zero-order chi connectivity index (χ0) is 26.1. The number of primary amides is 1. The second kappa shape index (κ2) is 18.0. The zero-order valence-electron chi connectivity index (χ0n) is 19.3. The summed E-state index contributed by atoms with van der Waals surface area (Å²) in [5.41, 5.74) is 21.8. The second-order valence-electron chi connectivity index (χ2n) is 7.88. The van der Waals surface area contributed by atoms with E-state index < -0.39 is 53.8 Å². The van der Waals surface area contributed by atoms with Crippen molar-refractivity contribution in [3.63, 3.8) is 0 Å². The zero-order valence-corrected chi connectivity index (χ0v) is 20.2. The van der Waals surface area contributed by atoms with Crippen molar-refractivity contribution in [3.8, 4) is 0 Å². The van der Waals surface area contributed by atoms with Crippen LogP contribution in [0.25, 0.3) is 0 Å². The van der Waals surface area contributed by atoms with Crippen LogP contribution in [-0.2, 0) is 24.0 Å². The molecule has 13 nitrogen and oxygen atoms in total. The highest BCUT2D eigenvalue weighted by Crippen LogP contribution is 2.06. The van der Waals surface area contributed by atoms with Gasteiger partial charge in [0.15, 0.2) is 0 Å². The number of hydrogen-bond acceptors (Lipinski definition) is 9. The van der Waals surface area contributed by atoms with Crippen LogP contribution in [0.5, 0.6) is 0 Å². The van der Waals surface area contributed by atoms with Gasteiger partial charge >= 0.3 is 5.97 Å². The predicted molar refractivity (Wildman–Crippen MR) is 129 cm³/mol. The third-order valence-corrected chi connectivity index (χ3v) is 5.36. The molecule has 34 heavy (non-hydrogen) atoms. The first-order valence-electron chi connectivity index (χ1n) is 11.3. The van der Waals surface area contributed by atoms with Gasteiger partial charge < -0.3 is 44.0 Å². The third kappa shape index (κ3) is 13.3. The van der Waals surface area contributed by atoms with Gasteiger partial charge in [0.1, 0.15) is 18.1 Å². The molecule has 14 heteroatoms. The number of carboxylic acid groups (broad SMARTS) is 1. The smallest absolute Gasteiger partial charge is 0.326 e. The molecular formula is C20H39N7O6S. The molecule has 0 aliphatic heterocycles. The van der Waals surface area contributed by atoms with Crippen molar-refractivity contribution >= 4 is 42.2 Å². The van der Waals surface area contributed by atoms with Gasteiger partial charge in [-0.3, -0.25) is 19.2 Å². The van der Waals surface area contributed by atoms with E-state index in [1.54, 1.807) is 0 Å². The topological polar surface area (TPSA) is 246 Å². The van der Waals surface area contributed by atoms with E-state index in [0.29, 0.717) is 45.2 Å². The lowest BCUT2D eigenvalue weighted by molar-refractivity contribution is -0.142. The minimum Gasteiger partial charge on any atom is -0.480 e. The fourth-order valence-electron chi connectivity index (χ4n) is 2.96. The molecule has 0 saturated carbocycles. The maximum Gasteiger partial charge on any atom is 0.326 e. The number of nitrogens with two attached hydrogens (primary N) is 4. The molecule has 0 bridgehead atoms. The molecule has 12 N–H and O–H groups in total. The Labute approximate surface area is 204 Å². The van der Waals surface area contributed by atoms with Gasteiger partial charge in [0, 0.05) is 12.2 Å². The van der Waals surface area contributed by atoms with E-state index in [9.17, 15) is 29.1 Å². The highest BCUT2D eigenvalue weighted by atomic mass is 32.1. The summed E-state index contributed by atoms with van der Waals surface area (Å²) in [4.78, 5) is 60.2. The Balaban J connectivity index is 5.21. The van der Waals surface area contributed by atoms with E-state index in [4.69, 9.17) is 22.9 Å². The molecular weight excluding hydrogens is 466 g/mol. The van der Waals surface area contributed by atoms with E-state index in [-0.39, 0.29) is 25.0 Å². The van der Waals surface area contributed by atoms with Crippen LogP contribution in [0.4, 0.5) is 0 Å². The summed E-state index contributed by atoms with van der Waals surface area (Å²) in [5, 5.41) is 16.7. The van der Waals surface area contributed by atoms with E-state index in [1.807, 2.05) is 0 Å². The van der Waals surface area contributed by atoms with Crippen molar-refractivity contribution in [1.29, 1.82) is 0 Å². The van der Waals surface area contributed by atoms with Crippen LogP contribution in [-0.4, -0.2) is 77.7 Å². The number of unbranched alkanes of at least 4 members (excludes halogenated alkanes) is 2. The molecule has 4 amide bonds. The molecule has 0 aromatic carbocycles. The molecule has 0 aliphatic carbocycles. The van der Waals surface area contributed by atoms with Crippen LogP contribution < -0.4 is 38.9 Å². The predicted octanol–water partition coefficient (Wildman–Crippen LogP) is -2.69. The summed E-state index contributed by atoms with van der Waals surface area (Å²) < 4.78 is 0. The Hall–Kier alpha value is -2.42. The molecule has 4 unspecified atom stereocenters. The van der Waals surface area contributed by atoms with Gasteiger partial charge in [0.25, 0.3) is 0 Å². The summed E-state index contributed by atoms with van der Waals surface area (Å²) in [6, 6.07) is -4.34. The molecule has 0 aromatic rings. The SMILES string of the molecule is NCCCCC(N)C(=O)NC(CS)C(=O)NC(CCCCN)C(=O)NC(CCC(N)=O)C(=O)O. The fraction of sp³-hybridized carbons (Fsp3) is 0.750. The number of amides is 4. The Morgan fingerprint density at radius 2 is 1.24 bits per heavy atom. The maximum atomic E-state index is 12.8. The van der Waals surface area contributed by atoms with E-state index >= 15 is 0 Å². The van der Waals surface area contributed by atoms with Crippen molar-refractivity contribution in [2.45, 2.75) is 75.5 Å². The lowest BCUT2D eigenvalue weighted by Gasteiger charge is -2.24. The summed E-state index contributed by atoms with van der Waals surface area (Å²) >= 11 is 4.10. The number of carbonyl (C=O) groups is 5. The standard InChI is InChI=1S/C20H39N7O6S/c21-9-3-1-5-12(23)17(29)27-15(11-34)19(31)25-13(6-2-4-10-22)18(30)26-14(20(32)33)7-8-16(24)28/h12-15,34H,1-11,21-23H2,(H2,24,28)(H,25,31)(H,26,30)(H,27,29)(H,32,33). The molecule has 0 heterocycles. The lowest BCUT2D eigenvalue weighted by atomic mass is 10.1. The summed E-state index contributed by atoms with van der Waals surface area (Å²) in [5.74, 6) is -4.06. The van der Waals surface area contributed by atoms with Crippen molar-refractivity contribution in [3.05, 3.63) is 0 Å². The third-order valence-electron chi connectivity index (χ3n) is 5.00. The summed E-state index contributed by atoms with van der Waals surface area (Å²) in [7, 11) is 0. The van der Waals surface area contributed by atoms with Crippen molar-refractivity contribution in [1.82, 2.24) is 16.0 Å².